The smallest absolute Gasteiger partial charge is 0.259 e. The number of benzene rings is 1. The van der Waals surface area contributed by atoms with Gasteiger partial charge < -0.3 is 9.73 Å². The van der Waals surface area contributed by atoms with Crippen LogP contribution >= 0.6 is 12.2 Å². The number of carbonyl (C=O) groups excluding carboxylic acids is 2. The Hall–Kier alpha value is -2.84. The van der Waals surface area contributed by atoms with E-state index in [1.165, 1.54) is 18.2 Å². The average Bonchev–Trinajstić information content (AvgIpc) is 3.10. The molecule has 1 aromatic carbocycles. The molecule has 6 nitrogen and oxygen atoms in total. The molecule has 1 aliphatic rings. The van der Waals surface area contributed by atoms with Crippen molar-refractivity contribution in [2.45, 2.75) is 11.3 Å². The van der Waals surface area contributed by atoms with Crippen LogP contribution in [0, 0.1) is 5.92 Å². The lowest BCUT2D eigenvalue weighted by Crippen LogP contribution is -2.46. The number of sulfone groups is 1. The molecule has 0 aliphatic carbocycles. The number of rotatable bonds is 5. The van der Waals surface area contributed by atoms with Crippen LogP contribution in [0.25, 0.3) is 17.4 Å². The first-order valence-corrected chi connectivity index (χ1v) is 10.6. The molecule has 144 valence electrons. The van der Waals surface area contributed by atoms with Crippen LogP contribution in [0.3, 0.4) is 0 Å². The Balaban J connectivity index is 1.89. The molecule has 0 spiro atoms. The molecule has 0 bridgehead atoms. The van der Waals surface area contributed by atoms with E-state index >= 15 is 0 Å². The van der Waals surface area contributed by atoms with E-state index in [-0.39, 0.29) is 21.2 Å². The highest BCUT2D eigenvalue weighted by Crippen LogP contribution is 2.26. The van der Waals surface area contributed by atoms with Crippen molar-refractivity contribution < 1.29 is 22.4 Å². The molecule has 28 heavy (non-hydrogen) atoms. The number of allylic oxidation sites excluding steroid dienone is 1. The monoisotopic (exact) mass is 415 g/mol. The first kappa shape index (κ1) is 19.9. The van der Waals surface area contributed by atoms with Crippen LogP contribution in [-0.2, 0) is 19.4 Å². The van der Waals surface area contributed by atoms with Gasteiger partial charge in [0.2, 0.25) is 0 Å². The van der Waals surface area contributed by atoms with Crippen molar-refractivity contribution >= 4 is 44.8 Å². The molecule has 2 aromatic rings. The van der Waals surface area contributed by atoms with Crippen LogP contribution < -0.4 is 5.32 Å². The maximum Gasteiger partial charge on any atom is 0.259 e. The molecule has 2 heterocycles. The Morgan fingerprint density at radius 3 is 2.46 bits per heavy atom. The fourth-order valence-electron chi connectivity index (χ4n) is 2.80. The molecule has 8 heteroatoms. The van der Waals surface area contributed by atoms with Gasteiger partial charge in [-0.15, -0.1) is 6.58 Å². The quantitative estimate of drug-likeness (QED) is 0.349. The number of hydrogen-bond acceptors (Lipinski definition) is 6. The van der Waals surface area contributed by atoms with E-state index < -0.39 is 21.7 Å². The number of hydrogen-bond donors (Lipinski definition) is 1. The summed E-state index contributed by atoms with van der Waals surface area (Å²) in [5, 5.41) is 2.53. The van der Waals surface area contributed by atoms with Gasteiger partial charge in [-0.25, -0.2) is 8.42 Å². The van der Waals surface area contributed by atoms with Gasteiger partial charge >= 0.3 is 0 Å². The summed E-state index contributed by atoms with van der Waals surface area (Å²) >= 11 is 5.07. The Kier molecular flexibility index (Phi) is 5.44. The minimum Gasteiger partial charge on any atom is -0.457 e. The topological polar surface area (TPSA) is 93.4 Å². The Morgan fingerprint density at radius 2 is 1.86 bits per heavy atom. The second-order valence-corrected chi connectivity index (χ2v) is 8.77. The predicted octanol–water partition coefficient (Wildman–Crippen LogP) is 2.95. The Morgan fingerprint density at radius 1 is 1.18 bits per heavy atom. The van der Waals surface area contributed by atoms with Crippen molar-refractivity contribution in [3.8, 4) is 11.3 Å². The van der Waals surface area contributed by atoms with Gasteiger partial charge in [0.25, 0.3) is 5.91 Å². The average molecular weight is 415 g/mol. The van der Waals surface area contributed by atoms with Crippen molar-refractivity contribution in [3.05, 3.63) is 60.4 Å². The summed E-state index contributed by atoms with van der Waals surface area (Å²) in [4.78, 5) is 25.2. The molecule has 0 radical (unpaired) electrons. The second kappa shape index (κ2) is 7.65. The van der Waals surface area contributed by atoms with Gasteiger partial charge in [0.1, 0.15) is 11.5 Å². The van der Waals surface area contributed by atoms with Gasteiger partial charge in [-0.2, -0.15) is 0 Å². The number of Topliss-reactive ketones (excluding diaryl/α,β-unsaturated/α-hetero) is 1. The maximum absolute atomic E-state index is 12.6. The Labute approximate surface area is 167 Å². The third-order valence-electron chi connectivity index (χ3n) is 4.26. The van der Waals surface area contributed by atoms with Gasteiger partial charge in [0.05, 0.1) is 21.4 Å². The highest BCUT2D eigenvalue weighted by Gasteiger charge is 2.35. The van der Waals surface area contributed by atoms with Crippen LogP contribution in [0.1, 0.15) is 12.2 Å². The Bertz CT molecular complexity index is 1110. The van der Waals surface area contributed by atoms with E-state index in [2.05, 4.69) is 11.9 Å². The van der Waals surface area contributed by atoms with Gasteiger partial charge in [0, 0.05) is 11.8 Å². The van der Waals surface area contributed by atoms with Crippen LogP contribution in [0.2, 0.25) is 0 Å². The first-order valence-electron chi connectivity index (χ1n) is 8.33. The van der Waals surface area contributed by atoms with Crippen molar-refractivity contribution in [3.63, 3.8) is 0 Å². The molecule has 1 unspecified atom stereocenters. The number of thiocarbonyl (C=S) groups is 1. The lowest BCUT2D eigenvalue weighted by molar-refractivity contribution is -0.124. The van der Waals surface area contributed by atoms with E-state index in [0.29, 0.717) is 23.5 Å². The molecule has 1 fully saturated rings. The summed E-state index contributed by atoms with van der Waals surface area (Å²) < 4.78 is 28.8. The van der Waals surface area contributed by atoms with Crippen molar-refractivity contribution in [1.29, 1.82) is 0 Å². The van der Waals surface area contributed by atoms with E-state index in [9.17, 15) is 18.0 Å². The highest BCUT2D eigenvalue weighted by atomic mass is 32.2. The van der Waals surface area contributed by atoms with Gasteiger partial charge in [-0.3, -0.25) is 9.59 Å². The van der Waals surface area contributed by atoms with Crippen molar-refractivity contribution in [2.24, 2.45) is 5.92 Å². The molecule has 1 amide bonds. The van der Waals surface area contributed by atoms with E-state index in [1.54, 1.807) is 30.3 Å². The minimum atomic E-state index is -3.28. The highest BCUT2D eigenvalue weighted by molar-refractivity contribution is 7.90. The largest absolute Gasteiger partial charge is 0.457 e. The predicted molar refractivity (Wildman–Crippen MR) is 109 cm³/mol. The number of furan rings is 1. The normalized spacial score (nSPS) is 19.0. The molecule has 3 rings (SSSR count). The van der Waals surface area contributed by atoms with Crippen molar-refractivity contribution in [1.82, 2.24) is 5.32 Å². The number of amides is 1. The molecule has 1 saturated heterocycles. The maximum atomic E-state index is 12.6. The summed E-state index contributed by atoms with van der Waals surface area (Å²) in [6, 6.07) is 9.54. The third kappa shape index (κ3) is 4.02. The van der Waals surface area contributed by atoms with E-state index in [4.69, 9.17) is 16.6 Å². The lowest BCUT2D eigenvalue weighted by atomic mass is 9.90. The molecule has 1 N–H and O–H groups in total. The number of carbonyl (C=O) groups is 2. The van der Waals surface area contributed by atoms with Gasteiger partial charge in [-0.05, 0) is 48.9 Å². The fourth-order valence-corrected chi connectivity index (χ4v) is 3.72. The second-order valence-electron chi connectivity index (χ2n) is 6.32. The summed E-state index contributed by atoms with van der Waals surface area (Å²) in [7, 11) is -3.28. The molecule has 1 atom stereocenters. The van der Waals surface area contributed by atoms with Gasteiger partial charge in [0.15, 0.2) is 15.6 Å². The van der Waals surface area contributed by atoms with Crippen LogP contribution in [-0.4, -0.2) is 31.4 Å². The zero-order chi connectivity index (χ0) is 20.5. The van der Waals surface area contributed by atoms with E-state index in [0.717, 1.165) is 6.26 Å². The molecular formula is C20H17NO5S2. The van der Waals surface area contributed by atoms with Crippen LogP contribution in [0.15, 0.2) is 63.9 Å². The standard InChI is InChI=1S/C20H17NO5S2/c1-3-4-15-18(22)16(19(23)21-20(15)27)11-13-7-10-17(26-13)12-5-8-14(9-6-12)28(2,24)25/h3,5-11,15H,1,4H2,2H3,(H,21,23,27)/b16-11-. The number of ketones is 1. The van der Waals surface area contributed by atoms with Gasteiger partial charge in [-0.1, -0.05) is 18.3 Å². The molecule has 0 saturated carbocycles. The SMILES string of the molecule is C=CCC1C(=O)/C(=C/c2ccc(-c3ccc(S(C)(=O)=O)cc3)o2)C(=O)NC1=S. The summed E-state index contributed by atoms with van der Waals surface area (Å²) in [5.41, 5.74) is 0.635. The third-order valence-corrected chi connectivity index (χ3v) is 5.78. The molecule has 1 aromatic heterocycles. The van der Waals surface area contributed by atoms with Crippen LogP contribution in [0.5, 0.6) is 0 Å². The van der Waals surface area contributed by atoms with Crippen LogP contribution in [0.4, 0.5) is 0 Å². The summed E-state index contributed by atoms with van der Waals surface area (Å²) in [5.74, 6) is -0.746. The lowest BCUT2D eigenvalue weighted by Gasteiger charge is -2.23. The first-order chi connectivity index (χ1) is 13.2. The fraction of sp³-hybridized carbons (Fsp3) is 0.150. The minimum absolute atomic E-state index is 0.0335. The summed E-state index contributed by atoms with van der Waals surface area (Å²) in [6.45, 7) is 3.61. The number of nitrogens with one attached hydrogen (secondary N) is 1. The van der Waals surface area contributed by atoms with E-state index in [1.807, 2.05) is 0 Å². The zero-order valence-electron chi connectivity index (χ0n) is 15.0. The molecular weight excluding hydrogens is 398 g/mol. The van der Waals surface area contributed by atoms with Crippen molar-refractivity contribution in [2.75, 3.05) is 6.26 Å². The molecule has 1 aliphatic heterocycles. The summed E-state index contributed by atoms with van der Waals surface area (Å²) in [6.07, 6.45) is 4.43. The number of piperidine rings is 1. The zero-order valence-corrected chi connectivity index (χ0v) is 16.6.